The first-order valence-electron chi connectivity index (χ1n) is 7.39. The van der Waals surface area contributed by atoms with E-state index in [1.165, 1.54) is 0 Å². The van der Waals surface area contributed by atoms with Crippen molar-refractivity contribution in [1.82, 2.24) is 14.9 Å². The number of likely N-dealkylation sites (N-methyl/N-ethyl adjacent to an activating group) is 1. The van der Waals surface area contributed by atoms with Gasteiger partial charge in [0.2, 0.25) is 0 Å². The standard InChI is InChI=1S/C16H21N3O2/c1-3-19-8-7-18-15(19)11-13(17-2)12-5-4-6-14-16(12)21-10-9-20-14/h4-8,13,17H,3,9-11H2,1-2H3. The van der Waals surface area contributed by atoms with Crippen LogP contribution in [-0.4, -0.2) is 29.8 Å². The van der Waals surface area contributed by atoms with Crippen LogP contribution in [0.1, 0.15) is 24.4 Å². The van der Waals surface area contributed by atoms with E-state index in [4.69, 9.17) is 9.47 Å². The first kappa shape index (κ1) is 13.9. The summed E-state index contributed by atoms with van der Waals surface area (Å²) in [7, 11) is 1.97. The van der Waals surface area contributed by atoms with Gasteiger partial charge in [0.1, 0.15) is 19.0 Å². The maximum absolute atomic E-state index is 5.82. The van der Waals surface area contributed by atoms with Gasteiger partial charge in [0.15, 0.2) is 11.5 Å². The summed E-state index contributed by atoms with van der Waals surface area (Å²) < 4.78 is 13.6. The van der Waals surface area contributed by atoms with E-state index in [-0.39, 0.29) is 6.04 Å². The van der Waals surface area contributed by atoms with Gasteiger partial charge in [0.25, 0.3) is 0 Å². The number of aryl methyl sites for hydroxylation is 1. The molecule has 2 aromatic rings. The molecule has 112 valence electrons. The van der Waals surface area contributed by atoms with Crippen LogP contribution in [0.4, 0.5) is 0 Å². The molecule has 0 fully saturated rings. The molecule has 0 saturated carbocycles. The van der Waals surface area contributed by atoms with E-state index in [0.717, 1.165) is 35.9 Å². The van der Waals surface area contributed by atoms with Gasteiger partial charge in [0, 0.05) is 37.0 Å². The molecule has 1 aromatic heterocycles. The van der Waals surface area contributed by atoms with E-state index in [1.807, 2.05) is 31.6 Å². The predicted molar refractivity (Wildman–Crippen MR) is 80.8 cm³/mol. The topological polar surface area (TPSA) is 48.3 Å². The molecule has 0 bridgehead atoms. The Bertz CT molecular complexity index is 609. The van der Waals surface area contributed by atoms with Crippen molar-refractivity contribution in [2.75, 3.05) is 20.3 Å². The Morgan fingerprint density at radius 2 is 2.19 bits per heavy atom. The highest BCUT2D eigenvalue weighted by Crippen LogP contribution is 2.37. The lowest BCUT2D eigenvalue weighted by Crippen LogP contribution is -2.24. The summed E-state index contributed by atoms with van der Waals surface area (Å²) in [6.45, 7) is 4.27. The maximum atomic E-state index is 5.82. The summed E-state index contributed by atoms with van der Waals surface area (Å²) in [5.41, 5.74) is 1.13. The second-order valence-corrected chi connectivity index (χ2v) is 5.05. The summed E-state index contributed by atoms with van der Waals surface area (Å²) in [6, 6.07) is 6.21. The monoisotopic (exact) mass is 287 g/mol. The number of para-hydroxylation sites is 1. The molecule has 5 nitrogen and oxygen atoms in total. The molecule has 1 aromatic carbocycles. The number of imidazole rings is 1. The molecule has 1 atom stereocenters. The van der Waals surface area contributed by atoms with Gasteiger partial charge < -0.3 is 19.4 Å². The van der Waals surface area contributed by atoms with E-state index < -0.39 is 0 Å². The number of hydrogen-bond donors (Lipinski definition) is 1. The molecule has 1 aliphatic rings. The van der Waals surface area contributed by atoms with Crippen LogP contribution in [0.25, 0.3) is 0 Å². The van der Waals surface area contributed by atoms with Gasteiger partial charge >= 0.3 is 0 Å². The summed E-state index contributed by atoms with van der Waals surface area (Å²) in [5.74, 6) is 2.77. The highest BCUT2D eigenvalue weighted by atomic mass is 16.6. The Morgan fingerprint density at radius 1 is 1.33 bits per heavy atom. The molecule has 0 amide bonds. The Balaban J connectivity index is 1.90. The molecule has 0 spiro atoms. The fraction of sp³-hybridized carbons (Fsp3) is 0.438. The molecule has 1 aliphatic heterocycles. The number of fused-ring (bicyclic) bond motifs is 1. The molecule has 0 aliphatic carbocycles. The summed E-state index contributed by atoms with van der Waals surface area (Å²) in [5, 5.41) is 3.37. The quantitative estimate of drug-likeness (QED) is 0.915. The minimum atomic E-state index is 0.148. The molecule has 1 N–H and O–H groups in total. The second kappa shape index (κ2) is 6.18. The number of nitrogens with zero attached hydrogens (tertiary/aromatic N) is 2. The smallest absolute Gasteiger partial charge is 0.166 e. The lowest BCUT2D eigenvalue weighted by atomic mass is 10.0. The van der Waals surface area contributed by atoms with Gasteiger partial charge in [-0.3, -0.25) is 0 Å². The van der Waals surface area contributed by atoms with E-state index in [1.54, 1.807) is 0 Å². The van der Waals surface area contributed by atoms with E-state index in [9.17, 15) is 0 Å². The third kappa shape index (κ3) is 2.74. The molecule has 5 heteroatoms. The van der Waals surface area contributed by atoms with Crippen molar-refractivity contribution in [1.29, 1.82) is 0 Å². The molecular formula is C16H21N3O2. The van der Waals surface area contributed by atoms with Gasteiger partial charge in [-0.2, -0.15) is 0 Å². The first-order valence-corrected chi connectivity index (χ1v) is 7.39. The fourth-order valence-corrected chi connectivity index (χ4v) is 2.74. The summed E-state index contributed by atoms with van der Waals surface area (Å²) >= 11 is 0. The van der Waals surface area contributed by atoms with Gasteiger partial charge in [-0.25, -0.2) is 4.98 Å². The second-order valence-electron chi connectivity index (χ2n) is 5.05. The van der Waals surface area contributed by atoms with Gasteiger partial charge in [-0.05, 0) is 20.0 Å². The average molecular weight is 287 g/mol. The van der Waals surface area contributed by atoms with Crippen molar-refractivity contribution in [3.05, 3.63) is 42.0 Å². The molecule has 3 rings (SSSR count). The van der Waals surface area contributed by atoms with Gasteiger partial charge in [0.05, 0.1) is 0 Å². The van der Waals surface area contributed by atoms with Crippen LogP contribution in [0, 0.1) is 0 Å². The Morgan fingerprint density at radius 3 is 3.00 bits per heavy atom. The minimum Gasteiger partial charge on any atom is -0.486 e. The third-order valence-corrected chi connectivity index (χ3v) is 3.85. The number of nitrogens with one attached hydrogen (secondary N) is 1. The van der Waals surface area contributed by atoms with Crippen molar-refractivity contribution in [2.24, 2.45) is 0 Å². The van der Waals surface area contributed by atoms with Crippen LogP contribution in [0.15, 0.2) is 30.6 Å². The zero-order chi connectivity index (χ0) is 14.7. The van der Waals surface area contributed by atoms with Gasteiger partial charge in [-0.1, -0.05) is 12.1 Å². The normalized spacial score (nSPS) is 15.0. The lowest BCUT2D eigenvalue weighted by Gasteiger charge is -2.25. The van der Waals surface area contributed by atoms with E-state index in [2.05, 4.69) is 27.9 Å². The number of aromatic nitrogens is 2. The van der Waals surface area contributed by atoms with Crippen molar-refractivity contribution in [2.45, 2.75) is 25.9 Å². The van der Waals surface area contributed by atoms with Crippen molar-refractivity contribution in [3.8, 4) is 11.5 Å². The van der Waals surface area contributed by atoms with Crippen LogP contribution >= 0.6 is 0 Å². The largest absolute Gasteiger partial charge is 0.486 e. The molecule has 1 unspecified atom stereocenters. The predicted octanol–water partition coefficient (Wildman–Crippen LogP) is 2.18. The highest BCUT2D eigenvalue weighted by Gasteiger charge is 2.22. The van der Waals surface area contributed by atoms with Crippen LogP contribution in [0.2, 0.25) is 0 Å². The third-order valence-electron chi connectivity index (χ3n) is 3.85. The number of benzene rings is 1. The molecule has 0 saturated heterocycles. The van der Waals surface area contributed by atoms with Gasteiger partial charge in [-0.15, -0.1) is 0 Å². The van der Waals surface area contributed by atoms with Crippen LogP contribution in [-0.2, 0) is 13.0 Å². The summed E-state index contributed by atoms with van der Waals surface area (Å²) in [6.07, 6.45) is 4.69. The van der Waals surface area contributed by atoms with Crippen LogP contribution < -0.4 is 14.8 Å². The Kier molecular flexibility index (Phi) is 4.10. The highest BCUT2D eigenvalue weighted by molar-refractivity contribution is 5.49. The minimum absolute atomic E-state index is 0.148. The zero-order valence-electron chi connectivity index (χ0n) is 12.5. The SMILES string of the molecule is CCn1ccnc1CC(NC)c1cccc2c1OCCO2. The number of hydrogen-bond acceptors (Lipinski definition) is 4. The Hall–Kier alpha value is -2.01. The molecule has 2 heterocycles. The maximum Gasteiger partial charge on any atom is 0.166 e. The van der Waals surface area contributed by atoms with E-state index >= 15 is 0 Å². The van der Waals surface area contributed by atoms with Crippen molar-refractivity contribution < 1.29 is 9.47 Å². The van der Waals surface area contributed by atoms with Crippen molar-refractivity contribution >= 4 is 0 Å². The van der Waals surface area contributed by atoms with Crippen LogP contribution in [0.5, 0.6) is 11.5 Å². The first-order chi connectivity index (χ1) is 10.3. The van der Waals surface area contributed by atoms with Crippen molar-refractivity contribution in [3.63, 3.8) is 0 Å². The Labute approximate surface area is 124 Å². The molecule has 0 radical (unpaired) electrons. The average Bonchev–Trinajstić information content (AvgIpc) is 2.99. The number of ether oxygens (including phenoxy) is 2. The number of rotatable bonds is 5. The molecular weight excluding hydrogens is 266 g/mol. The van der Waals surface area contributed by atoms with Crippen LogP contribution in [0.3, 0.4) is 0 Å². The summed E-state index contributed by atoms with van der Waals surface area (Å²) in [4.78, 5) is 4.46. The molecule has 21 heavy (non-hydrogen) atoms. The lowest BCUT2D eigenvalue weighted by molar-refractivity contribution is 0.168. The van der Waals surface area contributed by atoms with E-state index in [0.29, 0.717) is 13.2 Å². The zero-order valence-corrected chi connectivity index (χ0v) is 12.5. The fourth-order valence-electron chi connectivity index (χ4n) is 2.74.